The summed E-state index contributed by atoms with van der Waals surface area (Å²) >= 11 is 0. The summed E-state index contributed by atoms with van der Waals surface area (Å²) < 4.78 is 13.9. The molecule has 0 saturated carbocycles. The summed E-state index contributed by atoms with van der Waals surface area (Å²) in [5.41, 5.74) is 2.33. The van der Waals surface area contributed by atoms with Crippen LogP contribution in [0, 0.1) is 5.82 Å². The van der Waals surface area contributed by atoms with Crippen molar-refractivity contribution in [3.63, 3.8) is 0 Å². The molecule has 1 saturated heterocycles. The third kappa shape index (κ3) is 3.61. The lowest BCUT2D eigenvalue weighted by Crippen LogP contribution is -2.36. The van der Waals surface area contributed by atoms with Crippen molar-refractivity contribution < 1.29 is 14.0 Å². The molecule has 4 rings (SSSR count). The van der Waals surface area contributed by atoms with Gasteiger partial charge in [-0.1, -0.05) is 18.2 Å². The Balaban J connectivity index is 1.51. The summed E-state index contributed by atoms with van der Waals surface area (Å²) in [5, 5.41) is 0. The SMILES string of the molecule is CC(=O)N1CCc2nc(C3CCCN3C(=O)Cc3ccccc3F)ncc2C1. The van der Waals surface area contributed by atoms with Crippen molar-refractivity contribution in [1.29, 1.82) is 0 Å². The lowest BCUT2D eigenvalue weighted by atomic mass is 10.1. The molecule has 1 aromatic heterocycles. The molecule has 0 radical (unpaired) electrons. The number of amides is 2. The summed E-state index contributed by atoms with van der Waals surface area (Å²) in [6, 6.07) is 6.21. The molecule has 6 nitrogen and oxygen atoms in total. The zero-order valence-electron chi connectivity index (χ0n) is 15.9. The lowest BCUT2D eigenvalue weighted by molar-refractivity contribution is -0.132. The number of likely N-dealkylation sites (tertiary alicyclic amines) is 1. The van der Waals surface area contributed by atoms with Gasteiger partial charge in [-0.05, 0) is 24.5 Å². The Morgan fingerprint density at radius 1 is 1.25 bits per heavy atom. The lowest BCUT2D eigenvalue weighted by Gasteiger charge is -2.28. The molecule has 0 bridgehead atoms. The smallest absolute Gasteiger partial charge is 0.227 e. The molecule has 2 aliphatic rings. The zero-order valence-corrected chi connectivity index (χ0v) is 15.9. The Hall–Kier alpha value is -2.83. The van der Waals surface area contributed by atoms with Crippen LogP contribution in [0.5, 0.6) is 0 Å². The van der Waals surface area contributed by atoms with E-state index in [1.807, 2.05) is 0 Å². The van der Waals surface area contributed by atoms with E-state index in [1.165, 1.54) is 6.07 Å². The Morgan fingerprint density at radius 3 is 2.86 bits per heavy atom. The third-order valence-electron chi connectivity index (χ3n) is 5.57. The Bertz CT molecular complexity index is 917. The third-order valence-corrected chi connectivity index (χ3v) is 5.57. The minimum Gasteiger partial charge on any atom is -0.338 e. The van der Waals surface area contributed by atoms with Crippen LogP contribution in [0.2, 0.25) is 0 Å². The summed E-state index contributed by atoms with van der Waals surface area (Å²) in [4.78, 5) is 37.2. The number of hydrogen-bond donors (Lipinski definition) is 0. The fourth-order valence-electron chi connectivity index (χ4n) is 4.00. The van der Waals surface area contributed by atoms with Crippen molar-refractivity contribution >= 4 is 11.8 Å². The molecule has 2 aliphatic heterocycles. The average molecular weight is 382 g/mol. The number of carbonyl (C=O) groups is 2. The zero-order chi connectivity index (χ0) is 19.7. The number of rotatable bonds is 3. The van der Waals surface area contributed by atoms with Gasteiger partial charge in [-0.25, -0.2) is 14.4 Å². The molecule has 1 atom stereocenters. The van der Waals surface area contributed by atoms with E-state index >= 15 is 0 Å². The molecule has 0 aliphatic carbocycles. The Morgan fingerprint density at radius 2 is 2.07 bits per heavy atom. The van der Waals surface area contributed by atoms with Crippen LogP contribution in [0.15, 0.2) is 30.5 Å². The number of nitrogens with zero attached hydrogens (tertiary/aromatic N) is 4. The highest BCUT2D eigenvalue weighted by Gasteiger charge is 2.33. The van der Waals surface area contributed by atoms with E-state index in [2.05, 4.69) is 4.98 Å². The van der Waals surface area contributed by atoms with Crippen molar-refractivity contribution in [2.75, 3.05) is 13.1 Å². The fourth-order valence-corrected chi connectivity index (χ4v) is 4.00. The van der Waals surface area contributed by atoms with E-state index < -0.39 is 0 Å². The minimum absolute atomic E-state index is 0.0433. The van der Waals surface area contributed by atoms with Crippen LogP contribution in [0.1, 0.15) is 48.5 Å². The normalized spacial score (nSPS) is 18.9. The first kappa shape index (κ1) is 18.5. The van der Waals surface area contributed by atoms with Gasteiger partial charge < -0.3 is 9.80 Å². The second kappa shape index (κ2) is 7.66. The largest absolute Gasteiger partial charge is 0.338 e. The summed E-state index contributed by atoms with van der Waals surface area (Å²) in [6.45, 7) is 3.39. The second-order valence-corrected chi connectivity index (χ2v) is 7.40. The van der Waals surface area contributed by atoms with Gasteiger partial charge in [0.05, 0.1) is 18.2 Å². The van der Waals surface area contributed by atoms with E-state index in [0.717, 1.165) is 24.1 Å². The first-order chi connectivity index (χ1) is 13.5. The predicted octanol–water partition coefficient (Wildman–Crippen LogP) is 2.43. The molecule has 1 unspecified atom stereocenters. The van der Waals surface area contributed by atoms with Crippen LogP contribution in [0.3, 0.4) is 0 Å². The van der Waals surface area contributed by atoms with Gasteiger partial charge in [0.2, 0.25) is 11.8 Å². The van der Waals surface area contributed by atoms with Gasteiger partial charge in [-0.2, -0.15) is 0 Å². The van der Waals surface area contributed by atoms with Gasteiger partial charge in [-0.15, -0.1) is 0 Å². The number of carbonyl (C=O) groups excluding carboxylic acids is 2. The van der Waals surface area contributed by atoms with E-state index in [1.54, 1.807) is 41.1 Å². The van der Waals surface area contributed by atoms with Gasteiger partial charge >= 0.3 is 0 Å². The van der Waals surface area contributed by atoms with E-state index in [9.17, 15) is 14.0 Å². The molecule has 0 spiro atoms. The van der Waals surface area contributed by atoms with Gasteiger partial charge in [0, 0.05) is 44.7 Å². The highest BCUT2D eigenvalue weighted by atomic mass is 19.1. The van der Waals surface area contributed by atoms with Crippen molar-refractivity contribution in [2.24, 2.45) is 0 Å². The monoisotopic (exact) mass is 382 g/mol. The molecule has 2 amide bonds. The summed E-state index contributed by atoms with van der Waals surface area (Å²) in [5.74, 6) is 0.244. The molecule has 1 aromatic carbocycles. The number of aromatic nitrogens is 2. The maximum absolute atomic E-state index is 13.9. The van der Waals surface area contributed by atoms with Crippen molar-refractivity contribution in [3.8, 4) is 0 Å². The molecule has 28 heavy (non-hydrogen) atoms. The molecule has 2 aromatic rings. The highest BCUT2D eigenvalue weighted by molar-refractivity contribution is 5.79. The van der Waals surface area contributed by atoms with E-state index in [-0.39, 0.29) is 30.1 Å². The number of hydrogen-bond acceptors (Lipinski definition) is 4. The van der Waals surface area contributed by atoms with Crippen LogP contribution in [-0.4, -0.2) is 44.7 Å². The predicted molar refractivity (Wildman–Crippen MR) is 101 cm³/mol. The first-order valence-electron chi connectivity index (χ1n) is 9.66. The van der Waals surface area contributed by atoms with Crippen LogP contribution in [0.25, 0.3) is 0 Å². The van der Waals surface area contributed by atoms with E-state index in [0.29, 0.717) is 37.4 Å². The minimum atomic E-state index is -0.355. The molecule has 1 fully saturated rings. The summed E-state index contributed by atoms with van der Waals surface area (Å²) in [6.07, 6.45) is 4.21. The van der Waals surface area contributed by atoms with Crippen molar-refractivity contribution in [3.05, 3.63) is 58.9 Å². The molecular formula is C21H23FN4O2. The van der Waals surface area contributed by atoms with Gasteiger partial charge in [0.1, 0.15) is 5.82 Å². The van der Waals surface area contributed by atoms with Gasteiger partial charge in [0.15, 0.2) is 5.82 Å². The molecule has 146 valence electrons. The molecule has 7 heteroatoms. The maximum Gasteiger partial charge on any atom is 0.227 e. The standard InChI is InChI=1S/C21H23FN4O2/c1-14(27)25-10-8-18-16(13-25)12-23-21(24-18)19-7-4-9-26(19)20(28)11-15-5-2-3-6-17(15)22/h2-3,5-6,12,19H,4,7-11,13H2,1H3. The van der Waals surface area contributed by atoms with Crippen LogP contribution in [-0.2, 0) is 29.0 Å². The first-order valence-corrected chi connectivity index (χ1v) is 9.66. The van der Waals surface area contributed by atoms with Crippen LogP contribution >= 0.6 is 0 Å². The fraction of sp³-hybridized carbons (Fsp3) is 0.429. The van der Waals surface area contributed by atoms with E-state index in [4.69, 9.17) is 4.98 Å². The number of halogens is 1. The Labute approximate surface area is 163 Å². The topological polar surface area (TPSA) is 66.4 Å². The number of benzene rings is 1. The highest BCUT2D eigenvalue weighted by Crippen LogP contribution is 2.31. The van der Waals surface area contributed by atoms with Crippen LogP contribution < -0.4 is 0 Å². The van der Waals surface area contributed by atoms with Crippen molar-refractivity contribution in [1.82, 2.24) is 19.8 Å². The van der Waals surface area contributed by atoms with Gasteiger partial charge in [-0.3, -0.25) is 9.59 Å². The van der Waals surface area contributed by atoms with Crippen molar-refractivity contribution in [2.45, 2.75) is 45.2 Å². The maximum atomic E-state index is 13.9. The number of fused-ring (bicyclic) bond motifs is 1. The van der Waals surface area contributed by atoms with Crippen LogP contribution in [0.4, 0.5) is 4.39 Å². The summed E-state index contributed by atoms with van der Waals surface area (Å²) in [7, 11) is 0. The molecular weight excluding hydrogens is 359 g/mol. The second-order valence-electron chi connectivity index (χ2n) is 7.40. The average Bonchev–Trinajstić information content (AvgIpc) is 3.19. The quantitative estimate of drug-likeness (QED) is 0.818. The Kier molecular flexibility index (Phi) is 5.07. The molecule has 0 N–H and O–H groups in total. The van der Waals surface area contributed by atoms with Gasteiger partial charge in [0.25, 0.3) is 0 Å². The molecule has 3 heterocycles.